The van der Waals surface area contributed by atoms with Crippen LogP contribution in [0.2, 0.25) is 0 Å². The summed E-state index contributed by atoms with van der Waals surface area (Å²) in [5.41, 5.74) is 2.88. The predicted molar refractivity (Wildman–Crippen MR) is 103 cm³/mol. The van der Waals surface area contributed by atoms with Crippen LogP contribution in [-0.2, 0) is 11.3 Å². The maximum atomic E-state index is 12.9. The van der Waals surface area contributed by atoms with E-state index in [1.165, 1.54) is 0 Å². The summed E-state index contributed by atoms with van der Waals surface area (Å²) in [6.45, 7) is 3.25. The van der Waals surface area contributed by atoms with Gasteiger partial charge in [-0.1, -0.05) is 23.4 Å². The molecule has 1 aromatic carbocycles. The molecule has 1 saturated heterocycles. The summed E-state index contributed by atoms with van der Waals surface area (Å²) in [5.74, 6) is 0.0494. The number of carbonyl (C=O) groups excluding carboxylic acids is 1. The molecule has 3 heterocycles. The van der Waals surface area contributed by atoms with Crippen LogP contribution in [0.25, 0.3) is 11.0 Å². The Labute approximate surface area is 158 Å². The van der Waals surface area contributed by atoms with E-state index in [0.717, 1.165) is 55.5 Å². The van der Waals surface area contributed by atoms with Crippen LogP contribution in [0.1, 0.15) is 30.9 Å². The molecule has 2 aromatic heterocycles. The van der Waals surface area contributed by atoms with Crippen LogP contribution in [0.3, 0.4) is 0 Å². The number of aryl methyl sites for hydroxylation is 1. The van der Waals surface area contributed by atoms with E-state index < -0.39 is 0 Å². The van der Waals surface area contributed by atoms with E-state index in [1.54, 1.807) is 12.4 Å². The lowest BCUT2D eigenvalue weighted by molar-refractivity contribution is -0.126. The van der Waals surface area contributed by atoms with Gasteiger partial charge in [0.1, 0.15) is 11.6 Å². The van der Waals surface area contributed by atoms with Crippen molar-refractivity contribution >= 4 is 16.9 Å². The zero-order chi connectivity index (χ0) is 18.5. The molecule has 0 saturated carbocycles. The number of rotatable bonds is 7. The zero-order valence-corrected chi connectivity index (χ0v) is 15.3. The molecular weight excluding hydrogens is 340 g/mol. The highest BCUT2D eigenvalue weighted by atomic mass is 16.2. The van der Waals surface area contributed by atoms with Crippen molar-refractivity contribution in [1.29, 1.82) is 0 Å². The summed E-state index contributed by atoms with van der Waals surface area (Å²) < 4.78 is 1.89. The molecule has 1 aliphatic heterocycles. The first-order valence-electron chi connectivity index (χ1n) is 9.53. The molecule has 0 spiro atoms. The van der Waals surface area contributed by atoms with Gasteiger partial charge in [0.05, 0.1) is 5.52 Å². The number of para-hydroxylation sites is 1. The average molecular weight is 364 g/mol. The normalized spacial score (nSPS) is 15.9. The smallest absolute Gasteiger partial charge is 0.242 e. The molecule has 1 amide bonds. The van der Waals surface area contributed by atoms with Gasteiger partial charge in [-0.25, -0.2) is 4.68 Å². The molecule has 1 N–H and O–H groups in total. The summed E-state index contributed by atoms with van der Waals surface area (Å²) >= 11 is 0. The maximum absolute atomic E-state index is 12.9. The number of benzene rings is 1. The topological polar surface area (TPSA) is 75.9 Å². The first-order chi connectivity index (χ1) is 13.3. The van der Waals surface area contributed by atoms with Crippen LogP contribution < -0.4 is 5.32 Å². The van der Waals surface area contributed by atoms with Crippen molar-refractivity contribution < 1.29 is 4.79 Å². The van der Waals surface area contributed by atoms with Gasteiger partial charge in [0.25, 0.3) is 0 Å². The molecule has 0 unspecified atom stereocenters. The molecule has 0 radical (unpaired) electrons. The summed E-state index contributed by atoms with van der Waals surface area (Å²) in [7, 11) is 0. The van der Waals surface area contributed by atoms with Gasteiger partial charge in [0.2, 0.25) is 5.91 Å². The largest absolute Gasteiger partial charge is 0.354 e. The number of nitrogens with zero attached hydrogens (tertiary/aromatic N) is 5. The molecule has 0 aliphatic carbocycles. The Kier molecular flexibility index (Phi) is 5.39. The van der Waals surface area contributed by atoms with Gasteiger partial charge in [0.15, 0.2) is 0 Å². The lowest BCUT2D eigenvalue weighted by Crippen LogP contribution is -2.39. The van der Waals surface area contributed by atoms with Crippen molar-refractivity contribution in [2.45, 2.75) is 31.8 Å². The maximum Gasteiger partial charge on any atom is 0.242 e. The highest BCUT2D eigenvalue weighted by molar-refractivity contribution is 5.83. The number of amides is 1. The van der Waals surface area contributed by atoms with Crippen LogP contribution in [-0.4, -0.2) is 50.4 Å². The lowest BCUT2D eigenvalue weighted by Gasteiger charge is -2.26. The van der Waals surface area contributed by atoms with Crippen LogP contribution in [0.15, 0.2) is 48.8 Å². The van der Waals surface area contributed by atoms with Gasteiger partial charge in [-0.3, -0.25) is 14.7 Å². The van der Waals surface area contributed by atoms with E-state index in [0.29, 0.717) is 6.54 Å². The molecule has 27 heavy (non-hydrogen) atoms. The van der Waals surface area contributed by atoms with Gasteiger partial charge in [-0.2, -0.15) is 0 Å². The van der Waals surface area contributed by atoms with Crippen molar-refractivity contribution in [3.63, 3.8) is 0 Å². The third kappa shape index (κ3) is 3.98. The quantitative estimate of drug-likeness (QED) is 0.650. The van der Waals surface area contributed by atoms with Gasteiger partial charge in [0, 0.05) is 25.5 Å². The summed E-state index contributed by atoms with van der Waals surface area (Å²) in [4.78, 5) is 19.3. The molecule has 0 bridgehead atoms. The highest BCUT2D eigenvalue weighted by Gasteiger charge is 2.29. The highest BCUT2D eigenvalue weighted by Crippen LogP contribution is 2.24. The molecular formula is C20H24N6O. The fourth-order valence-corrected chi connectivity index (χ4v) is 3.69. The summed E-state index contributed by atoms with van der Waals surface area (Å²) in [6, 6.07) is 11.5. The lowest BCUT2D eigenvalue weighted by atomic mass is 10.1. The Morgan fingerprint density at radius 3 is 2.81 bits per heavy atom. The number of nitrogens with one attached hydrogen (secondary N) is 1. The second-order valence-electron chi connectivity index (χ2n) is 6.88. The van der Waals surface area contributed by atoms with E-state index in [4.69, 9.17) is 0 Å². The number of carbonyl (C=O) groups is 1. The standard InChI is InChI=1S/C20H24N6O/c27-20(19(25-12-3-4-13-25)16-7-5-10-21-15-16)22-11-6-14-26-18-9-2-1-8-17(18)23-24-26/h1-2,5,7-10,15,19H,3-4,6,11-14H2,(H,22,27)/t19-/m1/s1. The number of pyridine rings is 1. The number of hydrogen-bond acceptors (Lipinski definition) is 5. The zero-order valence-electron chi connectivity index (χ0n) is 15.3. The van der Waals surface area contributed by atoms with E-state index >= 15 is 0 Å². The van der Waals surface area contributed by atoms with Crippen LogP contribution >= 0.6 is 0 Å². The van der Waals surface area contributed by atoms with E-state index in [-0.39, 0.29) is 11.9 Å². The first kappa shape index (κ1) is 17.6. The number of fused-ring (bicyclic) bond motifs is 1. The summed E-state index contributed by atoms with van der Waals surface area (Å²) in [5, 5.41) is 11.5. The van der Waals surface area contributed by atoms with Crippen LogP contribution in [0.5, 0.6) is 0 Å². The third-order valence-electron chi connectivity index (χ3n) is 5.02. The van der Waals surface area contributed by atoms with Crippen LogP contribution in [0.4, 0.5) is 0 Å². The minimum Gasteiger partial charge on any atom is -0.354 e. The molecule has 7 nitrogen and oxygen atoms in total. The van der Waals surface area contributed by atoms with Crippen molar-refractivity contribution in [1.82, 2.24) is 30.2 Å². The van der Waals surface area contributed by atoms with Gasteiger partial charge >= 0.3 is 0 Å². The molecule has 140 valence electrons. The molecule has 7 heteroatoms. The predicted octanol–water partition coefficient (Wildman–Crippen LogP) is 2.17. The van der Waals surface area contributed by atoms with E-state index in [2.05, 4.69) is 25.5 Å². The van der Waals surface area contributed by atoms with Gasteiger partial charge in [-0.05, 0) is 56.1 Å². The minimum absolute atomic E-state index is 0.0494. The van der Waals surface area contributed by atoms with Gasteiger partial charge < -0.3 is 5.32 Å². The van der Waals surface area contributed by atoms with E-state index in [9.17, 15) is 4.79 Å². The fraction of sp³-hybridized carbons (Fsp3) is 0.400. The molecule has 1 atom stereocenters. The van der Waals surface area contributed by atoms with Gasteiger partial charge in [-0.15, -0.1) is 5.10 Å². The minimum atomic E-state index is -0.256. The fourth-order valence-electron chi connectivity index (χ4n) is 3.69. The summed E-state index contributed by atoms with van der Waals surface area (Å²) in [6.07, 6.45) is 6.63. The Bertz CT molecular complexity index is 888. The Balaban J connectivity index is 1.35. The van der Waals surface area contributed by atoms with Crippen molar-refractivity contribution in [2.75, 3.05) is 19.6 Å². The second kappa shape index (κ2) is 8.26. The van der Waals surface area contributed by atoms with Crippen molar-refractivity contribution in [3.05, 3.63) is 54.4 Å². The third-order valence-corrected chi connectivity index (χ3v) is 5.02. The van der Waals surface area contributed by atoms with Crippen molar-refractivity contribution in [3.8, 4) is 0 Å². The SMILES string of the molecule is O=C(NCCCn1nnc2ccccc21)[C@@H](c1cccnc1)N1CCCC1. The second-order valence-corrected chi connectivity index (χ2v) is 6.88. The Hall–Kier alpha value is -2.80. The molecule has 3 aromatic rings. The monoisotopic (exact) mass is 364 g/mol. The first-order valence-corrected chi connectivity index (χ1v) is 9.53. The van der Waals surface area contributed by atoms with Crippen LogP contribution in [0, 0.1) is 0 Å². The number of likely N-dealkylation sites (tertiary alicyclic amines) is 1. The van der Waals surface area contributed by atoms with Crippen molar-refractivity contribution in [2.24, 2.45) is 0 Å². The molecule has 4 rings (SSSR count). The Morgan fingerprint density at radius 1 is 1.15 bits per heavy atom. The van der Waals surface area contributed by atoms with E-state index in [1.807, 2.05) is 41.1 Å². The average Bonchev–Trinajstić information content (AvgIpc) is 3.37. The number of hydrogen-bond donors (Lipinski definition) is 1. The molecule has 1 aliphatic rings. The number of aromatic nitrogens is 4. The Morgan fingerprint density at radius 2 is 2.00 bits per heavy atom. The molecule has 1 fully saturated rings.